The molecule has 2 heterocycles. The lowest BCUT2D eigenvalue weighted by Crippen LogP contribution is -1.93. The van der Waals surface area contributed by atoms with Crippen LogP contribution in [0.2, 0.25) is 0 Å². The molecule has 0 unspecified atom stereocenters. The third-order valence-corrected chi connectivity index (χ3v) is 4.67. The van der Waals surface area contributed by atoms with Crippen molar-refractivity contribution in [3.8, 4) is 33.6 Å². The maximum atomic E-state index is 5.26. The first-order chi connectivity index (χ1) is 11.9. The number of rotatable bonds is 2. The number of fused-ring (bicyclic) bond motifs is 3. The quantitative estimate of drug-likeness (QED) is 0.425. The summed E-state index contributed by atoms with van der Waals surface area (Å²) in [6.45, 7) is 0. The molecule has 0 atom stereocenters. The van der Waals surface area contributed by atoms with Crippen LogP contribution in [0.4, 0.5) is 0 Å². The molecule has 24 heavy (non-hydrogen) atoms. The highest BCUT2D eigenvalue weighted by Gasteiger charge is 2.24. The zero-order valence-electron chi connectivity index (χ0n) is 13.1. The summed E-state index contributed by atoms with van der Waals surface area (Å²) < 4.78 is 5.26. The first-order valence-corrected chi connectivity index (χ1v) is 8.10. The summed E-state index contributed by atoms with van der Waals surface area (Å²) in [5.74, 6) is 0. The van der Waals surface area contributed by atoms with E-state index in [0.717, 1.165) is 23.4 Å². The van der Waals surface area contributed by atoms with Crippen LogP contribution in [0.25, 0.3) is 33.6 Å². The Morgan fingerprint density at radius 2 is 1.62 bits per heavy atom. The molecular formula is C22H15NO. The molecule has 4 aromatic rings. The lowest BCUT2D eigenvalue weighted by atomic mass is 9.97. The molecule has 5 rings (SSSR count). The second-order valence-electron chi connectivity index (χ2n) is 6.09. The summed E-state index contributed by atoms with van der Waals surface area (Å²) >= 11 is 0. The third kappa shape index (κ3) is 2.00. The maximum absolute atomic E-state index is 5.26. The normalized spacial score (nSPS) is 12.0. The van der Waals surface area contributed by atoms with Crippen LogP contribution in [0.15, 0.2) is 83.7 Å². The van der Waals surface area contributed by atoms with Gasteiger partial charge < -0.3 is 4.42 Å². The molecule has 2 aromatic carbocycles. The van der Waals surface area contributed by atoms with Crippen molar-refractivity contribution in [3.05, 3.63) is 90.4 Å². The minimum Gasteiger partial charge on any atom is -0.472 e. The molecule has 0 amide bonds. The van der Waals surface area contributed by atoms with Crippen molar-refractivity contribution in [3.63, 3.8) is 0 Å². The van der Waals surface area contributed by atoms with E-state index in [9.17, 15) is 0 Å². The fourth-order valence-electron chi connectivity index (χ4n) is 3.50. The summed E-state index contributed by atoms with van der Waals surface area (Å²) in [6, 6.07) is 23.3. The van der Waals surface area contributed by atoms with Crippen molar-refractivity contribution in [2.24, 2.45) is 0 Å². The van der Waals surface area contributed by atoms with Gasteiger partial charge in [-0.25, -0.2) is 4.98 Å². The Morgan fingerprint density at radius 3 is 2.46 bits per heavy atom. The van der Waals surface area contributed by atoms with Gasteiger partial charge in [-0.05, 0) is 34.4 Å². The number of furan rings is 1. The molecule has 114 valence electrons. The third-order valence-electron chi connectivity index (χ3n) is 4.67. The smallest absolute Gasteiger partial charge is 0.0996 e. The summed E-state index contributed by atoms with van der Waals surface area (Å²) in [4.78, 5) is 4.96. The minimum atomic E-state index is 0.939. The number of benzene rings is 2. The second-order valence-corrected chi connectivity index (χ2v) is 6.09. The Morgan fingerprint density at radius 1 is 0.792 bits per heavy atom. The molecule has 2 heteroatoms. The van der Waals surface area contributed by atoms with Crippen LogP contribution in [0.1, 0.15) is 11.1 Å². The molecule has 0 saturated heterocycles. The predicted octanol–water partition coefficient (Wildman–Crippen LogP) is 5.58. The van der Waals surface area contributed by atoms with Gasteiger partial charge in [0.05, 0.1) is 23.9 Å². The molecule has 0 bridgehead atoms. The van der Waals surface area contributed by atoms with E-state index in [1.54, 1.807) is 12.5 Å². The molecule has 0 radical (unpaired) electrons. The standard InChI is InChI=1S/C22H15NO/c1-2-6-15(7-3-1)19-13-21(17-10-11-24-14-17)23-22-18-9-5-4-8-16(18)12-20(19)22/h1-11,13-14H,12H2. The van der Waals surface area contributed by atoms with Crippen LogP contribution in [-0.4, -0.2) is 4.98 Å². The van der Waals surface area contributed by atoms with E-state index >= 15 is 0 Å². The Labute approximate surface area is 140 Å². The molecule has 1 aliphatic rings. The van der Waals surface area contributed by atoms with Gasteiger partial charge in [0.2, 0.25) is 0 Å². The van der Waals surface area contributed by atoms with Gasteiger partial charge in [-0.15, -0.1) is 0 Å². The van der Waals surface area contributed by atoms with E-state index in [-0.39, 0.29) is 0 Å². The summed E-state index contributed by atoms with van der Waals surface area (Å²) in [5.41, 5.74) is 9.47. The van der Waals surface area contributed by atoms with Crippen molar-refractivity contribution in [1.29, 1.82) is 0 Å². The van der Waals surface area contributed by atoms with Crippen molar-refractivity contribution in [1.82, 2.24) is 4.98 Å². The highest BCUT2D eigenvalue weighted by Crippen LogP contribution is 2.42. The zero-order chi connectivity index (χ0) is 15.9. The van der Waals surface area contributed by atoms with Gasteiger partial charge in [-0.3, -0.25) is 0 Å². The fourth-order valence-corrected chi connectivity index (χ4v) is 3.50. The van der Waals surface area contributed by atoms with E-state index in [2.05, 4.69) is 60.7 Å². The highest BCUT2D eigenvalue weighted by atomic mass is 16.3. The average molecular weight is 309 g/mol. The van der Waals surface area contributed by atoms with Gasteiger partial charge in [0.1, 0.15) is 0 Å². The summed E-state index contributed by atoms with van der Waals surface area (Å²) in [5, 5.41) is 0. The topological polar surface area (TPSA) is 26.0 Å². The van der Waals surface area contributed by atoms with Crippen LogP contribution in [0.5, 0.6) is 0 Å². The van der Waals surface area contributed by atoms with Crippen molar-refractivity contribution >= 4 is 0 Å². The molecule has 0 saturated carbocycles. The molecule has 1 aliphatic carbocycles. The lowest BCUT2D eigenvalue weighted by Gasteiger charge is -2.11. The van der Waals surface area contributed by atoms with Crippen LogP contribution in [-0.2, 0) is 6.42 Å². The first-order valence-electron chi connectivity index (χ1n) is 8.10. The molecule has 0 aliphatic heterocycles. The molecule has 0 N–H and O–H groups in total. The fraction of sp³-hybridized carbons (Fsp3) is 0.0455. The Bertz CT molecular complexity index is 1020. The minimum absolute atomic E-state index is 0.939. The number of aromatic nitrogens is 1. The van der Waals surface area contributed by atoms with Crippen LogP contribution in [0.3, 0.4) is 0 Å². The largest absolute Gasteiger partial charge is 0.472 e. The Kier molecular flexibility index (Phi) is 2.89. The van der Waals surface area contributed by atoms with Gasteiger partial charge in [0, 0.05) is 17.5 Å². The van der Waals surface area contributed by atoms with Gasteiger partial charge in [0.15, 0.2) is 0 Å². The van der Waals surface area contributed by atoms with E-state index in [0.29, 0.717) is 0 Å². The van der Waals surface area contributed by atoms with Crippen molar-refractivity contribution in [2.45, 2.75) is 6.42 Å². The van der Waals surface area contributed by atoms with E-state index in [4.69, 9.17) is 9.40 Å². The molecular weight excluding hydrogens is 294 g/mol. The first kappa shape index (κ1) is 13.3. The Hall–Kier alpha value is -3.13. The van der Waals surface area contributed by atoms with Crippen LogP contribution >= 0.6 is 0 Å². The molecule has 2 nitrogen and oxygen atoms in total. The van der Waals surface area contributed by atoms with E-state index < -0.39 is 0 Å². The molecule has 0 spiro atoms. The second kappa shape index (κ2) is 5.20. The van der Waals surface area contributed by atoms with E-state index in [1.165, 1.54) is 27.8 Å². The lowest BCUT2D eigenvalue weighted by molar-refractivity contribution is 0.568. The summed E-state index contributed by atoms with van der Waals surface area (Å²) in [6.07, 6.45) is 4.39. The van der Waals surface area contributed by atoms with Gasteiger partial charge in [-0.2, -0.15) is 0 Å². The number of nitrogens with zero attached hydrogens (tertiary/aromatic N) is 1. The molecule has 0 fully saturated rings. The van der Waals surface area contributed by atoms with Crippen LogP contribution < -0.4 is 0 Å². The zero-order valence-corrected chi connectivity index (χ0v) is 13.1. The van der Waals surface area contributed by atoms with Gasteiger partial charge in [-0.1, -0.05) is 54.6 Å². The van der Waals surface area contributed by atoms with Crippen molar-refractivity contribution in [2.75, 3.05) is 0 Å². The number of pyridine rings is 1. The SMILES string of the molecule is c1ccc(-c2cc(-c3ccoc3)nc3c2Cc2ccccc2-3)cc1. The van der Waals surface area contributed by atoms with Crippen molar-refractivity contribution < 1.29 is 4.42 Å². The molecule has 2 aromatic heterocycles. The summed E-state index contributed by atoms with van der Waals surface area (Å²) in [7, 11) is 0. The van der Waals surface area contributed by atoms with Gasteiger partial charge >= 0.3 is 0 Å². The highest BCUT2D eigenvalue weighted by molar-refractivity contribution is 5.85. The average Bonchev–Trinajstić information content (AvgIpc) is 3.29. The van der Waals surface area contributed by atoms with E-state index in [1.807, 2.05) is 6.07 Å². The number of hydrogen-bond donors (Lipinski definition) is 0. The maximum Gasteiger partial charge on any atom is 0.0996 e. The monoisotopic (exact) mass is 309 g/mol. The number of hydrogen-bond acceptors (Lipinski definition) is 2. The van der Waals surface area contributed by atoms with Crippen LogP contribution in [0, 0.1) is 0 Å². The Balaban J connectivity index is 1.81. The predicted molar refractivity (Wildman–Crippen MR) is 95.6 cm³/mol. The van der Waals surface area contributed by atoms with Gasteiger partial charge in [0.25, 0.3) is 0 Å².